The van der Waals surface area contributed by atoms with Gasteiger partial charge in [-0.2, -0.15) is 0 Å². The molecule has 0 spiro atoms. The first-order valence-corrected chi connectivity index (χ1v) is 9.14. The monoisotopic (exact) mass is 294 g/mol. The third kappa shape index (κ3) is 2.49. The molecule has 2 aliphatic carbocycles. The molecule has 0 radical (unpaired) electrons. The van der Waals surface area contributed by atoms with Crippen molar-refractivity contribution in [2.75, 3.05) is 0 Å². The third-order valence-corrected chi connectivity index (χ3v) is 9.40. The van der Waals surface area contributed by atoms with Gasteiger partial charge in [0.05, 0.1) is 0 Å². The Morgan fingerprint density at radius 3 is 1.10 bits per heavy atom. The standard InChI is InChI=1S/C11H22.C10H20/c1-8(2)11(6)7-9(3)10(11,4)5;1-7-8(2)10(5,6)9(7,3)4/h8-9H,7H2,1-6H3;7-8H,1-6H3. The summed E-state index contributed by atoms with van der Waals surface area (Å²) < 4.78 is 0. The highest BCUT2D eigenvalue weighted by Crippen LogP contribution is 2.64. The average molecular weight is 295 g/mol. The Bertz CT molecular complexity index is 353. The van der Waals surface area contributed by atoms with Gasteiger partial charge in [-0.15, -0.1) is 0 Å². The summed E-state index contributed by atoms with van der Waals surface area (Å²) in [6.45, 7) is 28.7. The van der Waals surface area contributed by atoms with E-state index in [1.807, 2.05) is 0 Å². The van der Waals surface area contributed by atoms with Gasteiger partial charge in [0, 0.05) is 0 Å². The molecule has 2 saturated carbocycles. The summed E-state index contributed by atoms with van der Waals surface area (Å²) in [6.07, 6.45) is 1.41. The summed E-state index contributed by atoms with van der Waals surface area (Å²) >= 11 is 0. The van der Waals surface area contributed by atoms with Gasteiger partial charge in [-0.3, -0.25) is 0 Å². The molecule has 0 amide bonds. The molecule has 0 aliphatic heterocycles. The summed E-state index contributed by atoms with van der Waals surface area (Å²) in [6, 6.07) is 0. The summed E-state index contributed by atoms with van der Waals surface area (Å²) in [5, 5.41) is 0. The van der Waals surface area contributed by atoms with Gasteiger partial charge in [0.2, 0.25) is 0 Å². The highest BCUT2D eigenvalue weighted by Gasteiger charge is 2.57. The van der Waals surface area contributed by atoms with Crippen LogP contribution in [0.5, 0.6) is 0 Å². The van der Waals surface area contributed by atoms with Gasteiger partial charge >= 0.3 is 0 Å². The lowest BCUT2D eigenvalue weighted by atomic mass is 9.42. The highest BCUT2D eigenvalue weighted by atomic mass is 14.6. The number of hydrogen-bond acceptors (Lipinski definition) is 0. The summed E-state index contributed by atoms with van der Waals surface area (Å²) in [7, 11) is 0. The number of rotatable bonds is 1. The zero-order chi connectivity index (χ0) is 17.0. The fourth-order valence-electron chi connectivity index (χ4n) is 4.89. The maximum absolute atomic E-state index is 2.44. The van der Waals surface area contributed by atoms with Gasteiger partial charge in [0.25, 0.3) is 0 Å². The van der Waals surface area contributed by atoms with Crippen molar-refractivity contribution >= 4 is 0 Å². The van der Waals surface area contributed by atoms with E-state index in [4.69, 9.17) is 0 Å². The minimum absolute atomic E-state index is 0.548. The Balaban J connectivity index is 0.000000211. The molecule has 0 aromatic carbocycles. The number of hydrogen-bond donors (Lipinski definition) is 0. The van der Waals surface area contributed by atoms with Gasteiger partial charge in [-0.05, 0) is 51.8 Å². The van der Waals surface area contributed by atoms with Crippen LogP contribution >= 0.6 is 0 Å². The molecule has 0 N–H and O–H groups in total. The molecule has 4 unspecified atom stereocenters. The summed E-state index contributed by atoms with van der Waals surface area (Å²) in [5.41, 5.74) is 2.24. The Kier molecular flexibility index (Phi) is 4.78. The van der Waals surface area contributed by atoms with Crippen LogP contribution in [0.1, 0.15) is 89.5 Å². The van der Waals surface area contributed by atoms with E-state index in [1.54, 1.807) is 0 Å². The Morgan fingerprint density at radius 1 is 0.667 bits per heavy atom. The second-order valence-corrected chi connectivity index (χ2v) is 10.4. The predicted molar refractivity (Wildman–Crippen MR) is 96.4 cm³/mol. The molecule has 0 aromatic rings. The molecule has 0 bridgehead atoms. The van der Waals surface area contributed by atoms with Crippen LogP contribution in [0, 0.1) is 45.3 Å². The Morgan fingerprint density at radius 2 is 1.00 bits per heavy atom. The lowest BCUT2D eigenvalue weighted by Gasteiger charge is -2.63. The van der Waals surface area contributed by atoms with Gasteiger partial charge in [-0.25, -0.2) is 0 Å². The SMILES string of the molecule is CC1C(C)C(C)(C)C1(C)C.CC1CC(C)(C(C)C)C1(C)C. The van der Waals surface area contributed by atoms with E-state index in [1.165, 1.54) is 6.42 Å². The minimum Gasteiger partial charge on any atom is -0.0622 e. The normalized spacial score (nSPS) is 42.4. The van der Waals surface area contributed by atoms with Crippen LogP contribution < -0.4 is 0 Å². The lowest BCUT2D eigenvalue weighted by molar-refractivity contribution is -0.148. The van der Waals surface area contributed by atoms with Crippen molar-refractivity contribution in [2.45, 2.75) is 89.5 Å². The van der Waals surface area contributed by atoms with E-state index in [0.717, 1.165) is 23.7 Å². The smallest absolute Gasteiger partial charge is 0.0246 e. The largest absolute Gasteiger partial charge is 0.0622 e. The molecule has 0 heterocycles. The minimum atomic E-state index is 0.548. The summed E-state index contributed by atoms with van der Waals surface area (Å²) in [4.78, 5) is 0. The van der Waals surface area contributed by atoms with Gasteiger partial charge in [-0.1, -0.05) is 83.1 Å². The second kappa shape index (κ2) is 5.27. The molecular formula is C21H42. The molecule has 126 valence electrons. The van der Waals surface area contributed by atoms with Crippen LogP contribution in [0.25, 0.3) is 0 Å². The maximum atomic E-state index is 2.44. The second-order valence-electron chi connectivity index (χ2n) is 10.4. The first-order chi connectivity index (χ1) is 9.14. The molecular weight excluding hydrogens is 252 g/mol. The summed E-state index contributed by atoms with van der Waals surface area (Å²) in [5.74, 6) is 3.52. The Hall–Kier alpha value is 0. The van der Waals surface area contributed by atoms with E-state index in [2.05, 4.69) is 83.1 Å². The molecule has 4 atom stereocenters. The molecule has 0 saturated heterocycles. The van der Waals surface area contributed by atoms with E-state index in [0.29, 0.717) is 21.7 Å². The van der Waals surface area contributed by atoms with E-state index in [9.17, 15) is 0 Å². The first kappa shape index (κ1) is 19.0. The van der Waals surface area contributed by atoms with Crippen molar-refractivity contribution in [2.24, 2.45) is 45.3 Å². The quantitative estimate of drug-likeness (QED) is 0.486. The molecule has 0 aromatic heterocycles. The van der Waals surface area contributed by atoms with E-state index < -0.39 is 0 Å². The van der Waals surface area contributed by atoms with Crippen LogP contribution in [0.15, 0.2) is 0 Å². The third-order valence-electron chi connectivity index (χ3n) is 9.40. The van der Waals surface area contributed by atoms with Crippen LogP contribution in [0.4, 0.5) is 0 Å². The van der Waals surface area contributed by atoms with Gasteiger partial charge < -0.3 is 0 Å². The fourth-order valence-corrected chi connectivity index (χ4v) is 4.89. The maximum Gasteiger partial charge on any atom is -0.0246 e. The van der Waals surface area contributed by atoms with E-state index >= 15 is 0 Å². The van der Waals surface area contributed by atoms with Crippen LogP contribution in [-0.2, 0) is 0 Å². The zero-order valence-corrected chi connectivity index (χ0v) is 17.0. The van der Waals surface area contributed by atoms with E-state index in [-0.39, 0.29) is 0 Å². The Labute approximate surface area is 135 Å². The van der Waals surface area contributed by atoms with Gasteiger partial charge in [0.1, 0.15) is 0 Å². The molecule has 21 heavy (non-hydrogen) atoms. The van der Waals surface area contributed by atoms with Gasteiger partial charge in [0.15, 0.2) is 0 Å². The van der Waals surface area contributed by atoms with Crippen LogP contribution in [0.3, 0.4) is 0 Å². The highest BCUT2D eigenvalue weighted by molar-refractivity contribution is 5.05. The lowest BCUT2D eigenvalue weighted by Crippen LogP contribution is -2.57. The molecule has 2 rings (SSSR count). The zero-order valence-electron chi connectivity index (χ0n) is 17.0. The molecule has 2 aliphatic rings. The van der Waals surface area contributed by atoms with Crippen molar-refractivity contribution < 1.29 is 0 Å². The molecule has 0 nitrogen and oxygen atoms in total. The molecule has 2 fully saturated rings. The molecule has 0 heteroatoms. The average Bonchev–Trinajstić information content (AvgIpc) is 2.37. The van der Waals surface area contributed by atoms with Crippen molar-refractivity contribution in [1.29, 1.82) is 0 Å². The van der Waals surface area contributed by atoms with Crippen molar-refractivity contribution in [1.82, 2.24) is 0 Å². The first-order valence-electron chi connectivity index (χ1n) is 9.14. The van der Waals surface area contributed by atoms with Crippen LogP contribution in [-0.4, -0.2) is 0 Å². The predicted octanol–water partition coefficient (Wildman–Crippen LogP) is 7.04. The topological polar surface area (TPSA) is 0 Å². The fraction of sp³-hybridized carbons (Fsp3) is 1.00. The van der Waals surface area contributed by atoms with Crippen molar-refractivity contribution in [3.05, 3.63) is 0 Å². The van der Waals surface area contributed by atoms with Crippen LogP contribution in [0.2, 0.25) is 0 Å². The van der Waals surface area contributed by atoms with Crippen molar-refractivity contribution in [3.63, 3.8) is 0 Å². The van der Waals surface area contributed by atoms with Crippen molar-refractivity contribution in [3.8, 4) is 0 Å².